The molecule has 1 saturated carbocycles. The van der Waals surface area contributed by atoms with Crippen LogP contribution in [0.2, 0.25) is 0 Å². The highest BCUT2D eigenvalue weighted by atomic mass is 32.2. The summed E-state index contributed by atoms with van der Waals surface area (Å²) < 4.78 is 7.19. The molecule has 0 saturated heterocycles. The van der Waals surface area contributed by atoms with Crippen molar-refractivity contribution in [3.05, 3.63) is 66.0 Å². The lowest BCUT2D eigenvalue weighted by molar-refractivity contribution is -0.118. The van der Waals surface area contributed by atoms with Gasteiger partial charge >= 0.3 is 0 Å². The van der Waals surface area contributed by atoms with Gasteiger partial charge in [-0.1, -0.05) is 42.1 Å². The zero-order valence-corrected chi connectivity index (χ0v) is 19.5. The van der Waals surface area contributed by atoms with Crippen LogP contribution in [0.1, 0.15) is 43.0 Å². The maximum atomic E-state index is 12.5. The van der Waals surface area contributed by atoms with Gasteiger partial charge in [0.1, 0.15) is 11.6 Å². The Morgan fingerprint density at radius 3 is 2.47 bits per heavy atom. The number of aryl methyl sites for hydroxylation is 1. The SMILES string of the molecule is COc1ccc(-n2c(C)nnc2SCC(=O)NCC2CCC(c3ccccc3)CC2)cc1. The van der Waals surface area contributed by atoms with Gasteiger partial charge in [-0.25, -0.2) is 0 Å². The Balaban J connectivity index is 1.24. The summed E-state index contributed by atoms with van der Waals surface area (Å²) in [5.41, 5.74) is 2.40. The normalized spacial score (nSPS) is 18.3. The predicted octanol–water partition coefficient (Wildman–Crippen LogP) is 4.77. The second kappa shape index (κ2) is 10.7. The number of carbonyl (C=O) groups excluding carboxylic acids is 1. The average Bonchev–Trinajstić information content (AvgIpc) is 3.22. The average molecular weight is 451 g/mol. The molecule has 0 spiro atoms. The van der Waals surface area contributed by atoms with Crippen LogP contribution in [0.3, 0.4) is 0 Å². The van der Waals surface area contributed by atoms with Crippen molar-refractivity contribution in [1.29, 1.82) is 0 Å². The molecule has 3 aromatic rings. The number of methoxy groups -OCH3 is 1. The van der Waals surface area contributed by atoms with E-state index in [1.54, 1.807) is 7.11 Å². The molecule has 6 nitrogen and oxygen atoms in total. The fourth-order valence-electron chi connectivity index (χ4n) is 4.33. The molecule has 0 unspecified atom stereocenters. The lowest BCUT2D eigenvalue weighted by atomic mass is 9.79. The summed E-state index contributed by atoms with van der Waals surface area (Å²) in [5, 5.41) is 12.3. The van der Waals surface area contributed by atoms with Gasteiger partial charge in [-0.05, 0) is 74.3 Å². The van der Waals surface area contributed by atoms with E-state index in [-0.39, 0.29) is 5.91 Å². The lowest BCUT2D eigenvalue weighted by Crippen LogP contribution is -2.32. The summed E-state index contributed by atoms with van der Waals surface area (Å²) in [6, 6.07) is 18.5. The number of thioether (sulfide) groups is 1. The van der Waals surface area contributed by atoms with E-state index < -0.39 is 0 Å². The van der Waals surface area contributed by atoms with Crippen LogP contribution < -0.4 is 10.1 Å². The largest absolute Gasteiger partial charge is 0.497 e. The number of ether oxygens (including phenoxy) is 1. The summed E-state index contributed by atoms with van der Waals surface area (Å²) >= 11 is 1.41. The van der Waals surface area contributed by atoms with Gasteiger partial charge in [0.05, 0.1) is 12.9 Å². The molecule has 1 N–H and O–H groups in total. The molecule has 1 amide bonds. The molecule has 0 radical (unpaired) electrons. The van der Waals surface area contributed by atoms with Gasteiger partial charge < -0.3 is 10.1 Å². The van der Waals surface area contributed by atoms with Crippen LogP contribution in [-0.4, -0.2) is 40.1 Å². The van der Waals surface area contributed by atoms with Gasteiger partial charge in [-0.3, -0.25) is 9.36 Å². The first-order chi connectivity index (χ1) is 15.6. The van der Waals surface area contributed by atoms with E-state index in [0.717, 1.165) is 36.6 Å². The number of carbonyl (C=O) groups is 1. The van der Waals surface area contributed by atoms with Gasteiger partial charge in [0.15, 0.2) is 5.16 Å². The van der Waals surface area contributed by atoms with Crippen LogP contribution in [-0.2, 0) is 4.79 Å². The topological polar surface area (TPSA) is 69.0 Å². The van der Waals surface area contributed by atoms with Crippen molar-refractivity contribution in [3.63, 3.8) is 0 Å². The van der Waals surface area contributed by atoms with Gasteiger partial charge in [0.25, 0.3) is 0 Å². The molecule has 4 rings (SSSR count). The van der Waals surface area contributed by atoms with Gasteiger partial charge in [0, 0.05) is 12.2 Å². The van der Waals surface area contributed by atoms with Crippen molar-refractivity contribution in [1.82, 2.24) is 20.1 Å². The zero-order valence-electron chi connectivity index (χ0n) is 18.7. The second-order valence-corrected chi connectivity index (χ2v) is 9.23. The fraction of sp³-hybridized carbons (Fsp3) is 0.400. The Morgan fingerprint density at radius 2 is 1.78 bits per heavy atom. The number of hydrogen-bond donors (Lipinski definition) is 1. The Labute approximate surface area is 193 Å². The number of benzene rings is 2. The van der Waals surface area contributed by atoms with E-state index in [1.165, 1.54) is 30.2 Å². The van der Waals surface area contributed by atoms with Crippen LogP contribution in [0.5, 0.6) is 5.75 Å². The first-order valence-electron chi connectivity index (χ1n) is 11.1. The van der Waals surface area contributed by atoms with E-state index >= 15 is 0 Å². The summed E-state index contributed by atoms with van der Waals surface area (Å²) in [6.45, 7) is 2.66. The zero-order chi connectivity index (χ0) is 22.3. The molecule has 1 heterocycles. The third-order valence-electron chi connectivity index (χ3n) is 6.16. The number of amides is 1. The van der Waals surface area contributed by atoms with Crippen LogP contribution in [0.4, 0.5) is 0 Å². The third-order valence-corrected chi connectivity index (χ3v) is 7.09. The van der Waals surface area contributed by atoms with E-state index in [1.807, 2.05) is 35.8 Å². The molecule has 32 heavy (non-hydrogen) atoms. The van der Waals surface area contributed by atoms with E-state index in [9.17, 15) is 4.79 Å². The molecule has 7 heteroatoms. The Kier molecular flexibility index (Phi) is 7.47. The quantitative estimate of drug-likeness (QED) is 0.501. The highest BCUT2D eigenvalue weighted by molar-refractivity contribution is 7.99. The molecule has 0 aliphatic heterocycles. The monoisotopic (exact) mass is 450 g/mol. The van der Waals surface area contributed by atoms with Crippen LogP contribution >= 0.6 is 11.8 Å². The van der Waals surface area contributed by atoms with Crippen molar-refractivity contribution in [3.8, 4) is 11.4 Å². The van der Waals surface area contributed by atoms with E-state index in [2.05, 4.69) is 45.8 Å². The number of nitrogens with zero attached hydrogens (tertiary/aromatic N) is 3. The smallest absolute Gasteiger partial charge is 0.230 e. The molecular formula is C25H30N4O2S. The van der Waals surface area contributed by atoms with Gasteiger partial charge in [-0.2, -0.15) is 0 Å². The van der Waals surface area contributed by atoms with Crippen LogP contribution in [0, 0.1) is 12.8 Å². The van der Waals surface area contributed by atoms with E-state index in [4.69, 9.17) is 4.74 Å². The second-order valence-electron chi connectivity index (χ2n) is 8.28. The highest BCUT2D eigenvalue weighted by Crippen LogP contribution is 2.35. The van der Waals surface area contributed by atoms with Crippen molar-refractivity contribution < 1.29 is 9.53 Å². The maximum absolute atomic E-state index is 12.5. The summed E-state index contributed by atoms with van der Waals surface area (Å²) in [7, 11) is 1.65. The third kappa shape index (κ3) is 5.51. The molecule has 0 atom stereocenters. The predicted molar refractivity (Wildman–Crippen MR) is 128 cm³/mol. The Hall–Kier alpha value is -2.80. The van der Waals surface area contributed by atoms with Gasteiger partial charge in [-0.15, -0.1) is 10.2 Å². The van der Waals surface area contributed by atoms with Gasteiger partial charge in [0.2, 0.25) is 5.91 Å². The summed E-state index contributed by atoms with van der Waals surface area (Å²) in [5.74, 6) is 3.18. The Bertz CT molecular complexity index is 1010. The number of aromatic nitrogens is 3. The number of nitrogens with one attached hydrogen (secondary N) is 1. The van der Waals surface area contributed by atoms with Crippen molar-refractivity contribution in [2.75, 3.05) is 19.4 Å². The molecule has 2 aromatic carbocycles. The minimum atomic E-state index is 0.0436. The van der Waals surface area contributed by atoms with Crippen LogP contribution in [0.25, 0.3) is 5.69 Å². The first-order valence-corrected chi connectivity index (χ1v) is 12.1. The molecule has 168 valence electrons. The fourth-order valence-corrected chi connectivity index (χ4v) is 5.16. The lowest BCUT2D eigenvalue weighted by Gasteiger charge is -2.29. The van der Waals surface area contributed by atoms with Crippen LogP contribution in [0.15, 0.2) is 59.8 Å². The Morgan fingerprint density at radius 1 is 1.06 bits per heavy atom. The maximum Gasteiger partial charge on any atom is 0.230 e. The molecular weight excluding hydrogens is 420 g/mol. The van der Waals surface area contributed by atoms with E-state index in [0.29, 0.717) is 22.7 Å². The number of hydrogen-bond acceptors (Lipinski definition) is 5. The first kappa shape index (κ1) is 22.4. The molecule has 1 aliphatic carbocycles. The van der Waals surface area contributed by atoms with Crippen molar-refractivity contribution in [2.24, 2.45) is 5.92 Å². The summed E-state index contributed by atoms with van der Waals surface area (Å²) in [4.78, 5) is 12.5. The minimum Gasteiger partial charge on any atom is -0.497 e. The highest BCUT2D eigenvalue weighted by Gasteiger charge is 2.22. The summed E-state index contributed by atoms with van der Waals surface area (Å²) in [6.07, 6.45) is 4.73. The molecule has 1 aromatic heterocycles. The molecule has 0 bridgehead atoms. The van der Waals surface area contributed by atoms with Crippen molar-refractivity contribution >= 4 is 17.7 Å². The molecule has 1 aliphatic rings. The minimum absolute atomic E-state index is 0.0436. The van der Waals surface area contributed by atoms with Crippen molar-refractivity contribution in [2.45, 2.75) is 43.7 Å². The number of rotatable bonds is 8. The standard InChI is InChI=1S/C25H30N4O2S/c1-18-27-28-25(29(18)22-12-14-23(31-2)15-13-22)32-17-24(30)26-16-19-8-10-21(11-9-19)20-6-4-3-5-7-20/h3-7,12-15,19,21H,8-11,16-17H2,1-2H3,(H,26,30). The molecule has 1 fully saturated rings.